The molecule has 0 bridgehead atoms. The van der Waals surface area contributed by atoms with Gasteiger partial charge in [-0.1, -0.05) is 70.6 Å². The number of hydrogen-bond acceptors (Lipinski definition) is 1. The van der Waals surface area contributed by atoms with E-state index in [1.54, 1.807) is 0 Å². The van der Waals surface area contributed by atoms with Gasteiger partial charge in [0.15, 0.2) is 0 Å². The molecule has 0 aliphatic carbocycles. The van der Waals surface area contributed by atoms with E-state index < -0.39 is 0 Å². The number of nitrogens with zero attached hydrogens (tertiary/aromatic N) is 1. The molecule has 1 rings (SSSR count). The van der Waals surface area contributed by atoms with Crippen molar-refractivity contribution in [1.29, 1.82) is 0 Å². The molecule has 0 unspecified atom stereocenters. The molecule has 1 aromatic carbocycles. The number of aryl methyl sites for hydroxylation is 1. The van der Waals surface area contributed by atoms with E-state index in [0.717, 1.165) is 0 Å². The van der Waals surface area contributed by atoms with Crippen LogP contribution >= 0.6 is 0 Å². The van der Waals surface area contributed by atoms with Crippen molar-refractivity contribution in [2.24, 2.45) is 0 Å². The molecule has 0 aliphatic heterocycles. The van der Waals surface area contributed by atoms with Crippen LogP contribution in [0.15, 0.2) is 24.3 Å². The summed E-state index contributed by atoms with van der Waals surface area (Å²) in [4.78, 5) is 2.61. The minimum atomic E-state index is 1.21. The molecule has 0 aromatic heterocycles. The van der Waals surface area contributed by atoms with Crippen molar-refractivity contribution in [3.05, 3.63) is 29.8 Å². The molecule has 20 heavy (non-hydrogen) atoms. The third-order valence-electron chi connectivity index (χ3n) is 4.02. The van der Waals surface area contributed by atoms with Crippen molar-refractivity contribution < 1.29 is 0 Å². The second-order valence-electron chi connectivity index (χ2n) is 5.89. The zero-order valence-electron chi connectivity index (χ0n) is 13.8. The van der Waals surface area contributed by atoms with E-state index in [0.29, 0.717) is 0 Å². The summed E-state index contributed by atoms with van der Waals surface area (Å²) in [7, 11) is 0. The van der Waals surface area contributed by atoms with E-state index in [1.807, 2.05) is 0 Å². The lowest BCUT2D eigenvalue weighted by atomic mass is 10.1. The predicted octanol–water partition coefficient (Wildman–Crippen LogP) is 5.96. The van der Waals surface area contributed by atoms with E-state index in [-0.39, 0.29) is 0 Å². The minimum absolute atomic E-state index is 1.21. The Morgan fingerprint density at radius 3 is 1.95 bits per heavy atom. The summed E-state index contributed by atoms with van der Waals surface area (Å²) >= 11 is 0. The van der Waals surface area contributed by atoms with Crippen LogP contribution in [0.5, 0.6) is 0 Å². The maximum absolute atomic E-state index is 2.61. The third kappa shape index (κ3) is 6.45. The summed E-state index contributed by atoms with van der Waals surface area (Å²) in [6, 6.07) is 8.84. The molecule has 0 aliphatic rings. The minimum Gasteiger partial charge on any atom is -0.371 e. The number of rotatable bonds is 11. The quantitative estimate of drug-likeness (QED) is 0.450. The number of hydrogen-bond donors (Lipinski definition) is 0. The predicted molar refractivity (Wildman–Crippen MR) is 91.7 cm³/mol. The number of anilines is 1. The molecule has 0 atom stereocenters. The molecule has 0 fully saturated rings. The fourth-order valence-electron chi connectivity index (χ4n) is 2.73. The van der Waals surface area contributed by atoms with Crippen molar-refractivity contribution >= 4 is 5.69 Å². The van der Waals surface area contributed by atoms with Crippen LogP contribution in [0.4, 0.5) is 5.69 Å². The Morgan fingerprint density at radius 1 is 0.750 bits per heavy atom. The molecule has 1 nitrogen and oxygen atoms in total. The second kappa shape index (κ2) is 10.8. The zero-order chi connectivity index (χ0) is 14.6. The molecule has 114 valence electrons. The van der Waals surface area contributed by atoms with Gasteiger partial charge in [0.1, 0.15) is 0 Å². The highest BCUT2D eigenvalue weighted by Gasteiger charge is 2.08. The van der Waals surface area contributed by atoms with Crippen molar-refractivity contribution in [2.45, 2.75) is 72.1 Å². The Kier molecular flexibility index (Phi) is 9.19. The van der Waals surface area contributed by atoms with Crippen molar-refractivity contribution in [2.75, 3.05) is 18.0 Å². The Balaban J connectivity index is 2.49. The Labute approximate surface area is 126 Å². The topological polar surface area (TPSA) is 3.24 Å². The maximum atomic E-state index is 2.61. The molecular weight excluding hydrogens is 242 g/mol. The highest BCUT2D eigenvalue weighted by atomic mass is 15.1. The number of unbranched alkanes of at least 4 members (excludes halogenated alkanes) is 6. The first kappa shape index (κ1) is 17.1. The van der Waals surface area contributed by atoms with Gasteiger partial charge < -0.3 is 4.90 Å². The van der Waals surface area contributed by atoms with Gasteiger partial charge in [-0.05, 0) is 31.4 Å². The second-order valence-corrected chi connectivity index (χ2v) is 5.89. The van der Waals surface area contributed by atoms with Crippen molar-refractivity contribution in [3.8, 4) is 0 Å². The van der Waals surface area contributed by atoms with Gasteiger partial charge >= 0.3 is 0 Å². The van der Waals surface area contributed by atoms with Crippen LogP contribution < -0.4 is 4.90 Å². The van der Waals surface area contributed by atoms with Gasteiger partial charge in [-0.2, -0.15) is 0 Å². The van der Waals surface area contributed by atoms with Gasteiger partial charge in [-0.25, -0.2) is 0 Å². The third-order valence-corrected chi connectivity index (χ3v) is 4.02. The largest absolute Gasteiger partial charge is 0.371 e. The molecule has 0 heterocycles. The number of benzene rings is 1. The summed E-state index contributed by atoms with van der Waals surface area (Å²) in [6.07, 6.45) is 10.8. The molecule has 1 aromatic rings. The van der Waals surface area contributed by atoms with E-state index >= 15 is 0 Å². The first-order chi connectivity index (χ1) is 9.79. The highest BCUT2D eigenvalue weighted by molar-refractivity contribution is 5.52. The van der Waals surface area contributed by atoms with E-state index in [4.69, 9.17) is 0 Å². The Morgan fingerprint density at radius 2 is 1.30 bits per heavy atom. The van der Waals surface area contributed by atoms with Crippen LogP contribution in [0.3, 0.4) is 0 Å². The summed E-state index contributed by atoms with van der Waals surface area (Å²) in [6.45, 7) is 9.23. The smallest absolute Gasteiger partial charge is 0.0395 e. The first-order valence-corrected chi connectivity index (χ1v) is 8.60. The average molecular weight is 275 g/mol. The monoisotopic (exact) mass is 275 g/mol. The van der Waals surface area contributed by atoms with Crippen LogP contribution in [0.1, 0.15) is 70.8 Å². The lowest BCUT2D eigenvalue weighted by Crippen LogP contribution is -2.26. The molecular formula is C19H33N. The van der Waals surface area contributed by atoms with Gasteiger partial charge in [0.05, 0.1) is 0 Å². The molecule has 0 radical (unpaired) electrons. The van der Waals surface area contributed by atoms with Gasteiger partial charge in [0.2, 0.25) is 0 Å². The summed E-state index contributed by atoms with van der Waals surface area (Å²) in [5.74, 6) is 0. The normalized spacial score (nSPS) is 10.8. The summed E-state index contributed by atoms with van der Waals surface area (Å²) in [5, 5.41) is 0. The van der Waals surface area contributed by atoms with Crippen LogP contribution in [-0.2, 0) is 0 Å². The van der Waals surface area contributed by atoms with Gasteiger partial charge in [-0.3, -0.25) is 0 Å². The summed E-state index contributed by atoms with van der Waals surface area (Å²) < 4.78 is 0. The van der Waals surface area contributed by atoms with Gasteiger partial charge in [0, 0.05) is 18.8 Å². The van der Waals surface area contributed by atoms with Crippen LogP contribution in [0.25, 0.3) is 0 Å². The molecule has 0 spiro atoms. The van der Waals surface area contributed by atoms with Crippen LogP contribution in [-0.4, -0.2) is 13.1 Å². The molecule has 1 heteroatoms. The first-order valence-electron chi connectivity index (χ1n) is 8.60. The number of para-hydroxylation sites is 1. The lowest BCUT2D eigenvalue weighted by Gasteiger charge is -2.26. The highest BCUT2D eigenvalue weighted by Crippen LogP contribution is 2.21. The zero-order valence-corrected chi connectivity index (χ0v) is 13.8. The maximum Gasteiger partial charge on any atom is 0.0395 e. The lowest BCUT2D eigenvalue weighted by molar-refractivity contribution is 0.603. The van der Waals surface area contributed by atoms with Crippen molar-refractivity contribution in [3.63, 3.8) is 0 Å². The standard InChI is InChI=1S/C19H33N/c1-4-6-8-9-13-17-20(16-12-7-5-2)19-15-11-10-14-18(19)3/h10-11,14-15H,4-9,12-13,16-17H2,1-3H3. The van der Waals surface area contributed by atoms with Crippen LogP contribution in [0, 0.1) is 6.92 Å². The Bertz CT molecular complexity index is 345. The van der Waals surface area contributed by atoms with E-state index in [2.05, 4.69) is 49.9 Å². The fraction of sp³-hybridized carbons (Fsp3) is 0.684. The van der Waals surface area contributed by atoms with E-state index in [9.17, 15) is 0 Å². The molecule has 0 amide bonds. The molecule has 0 N–H and O–H groups in total. The van der Waals surface area contributed by atoms with E-state index in [1.165, 1.54) is 75.7 Å². The van der Waals surface area contributed by atoms with Crippen molar-refractivity contribution in [1.82, 2.24) is 0 Å². The summed E-state index contributed by atoms with van der Waals surface area (Å²) in [5.41, 5.74) is 2.86. The Hall–Kier alpha value is -0.980. The molecule has 0 saturated carbocycles. The van der Waals surface area contributed by atoms with Gasteiger partial charge in [0.25, 0.3) is 0 Å². The van der Waals surface area contributed by atoms with Crippen LogP contribution in [0.2, 0.25) is 0 Å². The van der Waals surface area contributed by atoms with Gasteiger partial charge in [-0.15, -0.1) is 0 Å². The molecule has 0 saturated heterocycles. The SMILES string of the molecule is CCCCCCCN(CCCCC)c1ccccc1C. The average Bonchev–Trinajstić information content (AvgIpc) is 2.46. The fourth-order valence-corrected chi connectivity index (χ4v) is 2.73.